The molecule has 3 nitrogen and oxygen atoms in total. The molecule has 1 aromatic rings. The average molecular weight is 241 g/mol. The van der Waals surface area contributed by atoms with E-state index in [-0.39, 0.29) is 29.7 Å². The number of hydrogen-bond acceptors (Lipinski definition) is 3. The summed E-state index contributed by atoms with van der Waals surface area (Å²) in [6.07, 6.45) is 0. The lowest BCUT2D eigenvalue weighted by atomic mass is 10.1. The monoisotopic (exact) mass is 240 g/mol. The van der Waals surface area contributed by atoms with Crippen LogP contribution in [0.2, 0.25) is 5.02 Å². The molecule has 0 bridgehead atoms. The number of aromatic hydroxyl groups is 1. The molecule has 0 fully saturated rings. The van der Waals surface area contributed by atoms with Gasteiger partial charge in [-0.25, -0.2) is 4.39 Å². The van der Waals surface area contributed by atoms with Crippen molar-refractivity contribution in [2.24, 2.45) is 11.5 Å². The number of nitrogens with two attached hydrogens (primary N) is 2. The maximum absolute atomic E-state index is 12.8. The van der Waals surface area contributed by atoms with E-state index in [1.165, 1.54) is 6.07 Å². The summed E-state index contributed by atoms with van der Waals surface area (Å²) < 4.78 is 12.8. The molecule has 0 saturated heterocycles. The van der Waals surface area contributed by atoms with Crippen LogP contribution < -0.4 is 11.5 Å². The van der Waals surface area contributed by atoms with Gasteiger partial charge >= 0.3 is 0 Å². The second-order valence-electron chi connectivity index (χ2n) is 2.64. The van der Waals surface area contributed by atoms with Crippen molar-refractivity contribution in [1.29, 1.82) is 0 Å². The molecule has 0 aliphatic rings. The standard InChI is InChI=1S/C8H10ClFN2O.ClH/c9-7-5(10)2-1-4(8(7)13)6(12)3-11;/h1-2,6,13H,3,11-12H2;1H/t6-;/m0./s1. The molecule has 14 heavy (non-hydrogen) atoms. The predicted octanol–water partition coefficient (Wildman–Crippen LogP) is 1.56. The van der Waals surface area contributed by atoms with Gasteiger partial charge in [0.15, 0.2) is 0 Å². The van der Waals surface area contributed by atoms with E-state index in [2.05, 4.69) is 0 Å². The minimum absolute atomic E-state index is 0. The van der Waals surface area contributed by atoms with Crippen molar-refractivity contribution >= 4 is 24.0 Å². The molecule has 6 heteroatoms. The van der Waals surface area contributed by atoms with Gasteiger partial charge in [0.05, 0.1) is 0 Å². The molecule has 1 atom stereocenters. The summed E-state index contributed by atoms with van der Waals surface area (Å²) >= 11 is 5.46. The summed E-state index contributed by atoms with van der Waals surface area (Å²) in [4.78, 5) is 0. The first-order valence-electron chi connectivity index (χ1n) is 3.70. The van der Waals surface area contributed by atoms with Crippen LogP contribution in [0.5, 0.6) is 5.75 Å². The van der Waals surface area contributed by atoms with Gasteiger partial charge in [-0.2, -0.15) is 0 Å². The number of benzene rings is 1. The lowest BCUT2D eigenvalue weighted by Gasteiger charge is -2.12. The number of hydrogen-bond donors (Lipinski definition) is 3. The molecule has 0 amide bonds. The number of phenolic OH excluding ortho intramolecular Hbond substituents is 1. The maximum atomic E-state index is 12.8. The molecule has 0 saturated carbocycles. The van der Waals surface area contributed by atoms with Crippen LogP contribution in [0.25, 0.3) is 0 Å². The maximum Gasteiger partial charge on any atom is 0.145 e. The topological polar surface area (TPSA) is 72.3 Å². The van der Waals surface area contributed by atoms with Crippen LogP contribution in [0.15, 0.2) is 12.1 Å². The van der Waals surface area contributed by atoms with Crippen molar-refractivity contribution in [2.75, 3.05) is 6.54 Å². The molecule has 0 aliphatic heterocycles. The first kappa shape index (κ1) is 13.4. The van der Waals surface area contributed by atoms with E-state index in [0.717, 1.165) is 6.07 Å². The van der Waals surface area contributed by atoms with E-state index in [9.17, 15) is 9.50 Å². The summed E-state index contributed by atoms with van der Waals surface area (Å²) in [5.74, 6) is -1.01. The molecular weight excluding hydrogens is 230 g/mol. The van der Waals surface area contributed by atoms with Crippen LogP contribution in [0.4, 0.5) is 4.39 Å². The smallest absolute Gasteiger partial charge is 0.145 e. The molecule has 0 heterocycles. The summed E-state index contributed by atoms with van der Waals surface area (Å²) in [7, 11) is 0. The fourth-order valence-electron chi connectivity index (χ4n) is 0.981. The quantitative estimate of drug-likeness (QED) is 0.735. The van der Waals surface area contributed by atoms with Crippen LogP contribution in [-0.2, 0) is 0 Å². The van der Waals surface area contributed by atoms with Gasteiger partial charge in [0.1, 0.15) is 16.6 Å². The zero-order valence-corrected chi connectivity index (χ0v) is 8.78. The van der Waals surface area contributed by atoms with Crippen LogP contribution in [0.1, 0.15) is 11.6 Å². The van der Waals surface area contributed by atoms with Gasteiger partial charge in [-0.15, -0.1) is 12.4 Å². The molecule has 1 aromatic carbocycles. The second-order valence-corrected chi connectivity index (χ2v) is 3.02. The first-order valence-corrected chi connectivity index (χ1v) is 4.08. The van der Waals surface area contributed by atoms with E-state index in [4.69, 9.17) is 23.1 Å². The van der Waals surface area contributed by atoms with Crippen molar-refractivity contribution in [3.8, 4) is 5.75 Å². The van der Waals surface area contributed by atoms with Crippen LogP contribution in [0, 0.1) is 5.82 Å². The molecule has 0 spiro atoms. The zero-order chi connectivity index (χ0) is 10.0. The Morgan fingerprint density at radius 3 is 2.57 bits per heavy atom. The normalized spacial score (nSPS) is 12.0. The third kappa shape index (κ3) is 2.48. The van der Waals surface area contributed by atoms with Crippen LogP contribution in [-0.4, -0.2) is 11.7 Å². The fraction of sp³-hybridized carbons (Fsp3) is 0.250. The van der Waals surface area contributed by atoms with Crippen molar-refractivity contribution in [2.45, 2.75) is 6.04 Å². The fourth-order valence-corrected chi connectivity index (χ4v) is 1.15. The van der Waals surface area contributed by atoms with Gasteiger partial charge in [-0.3, -0.25) is 0 Å². The third-order valence-corrected chi connectivity index (χ3v) is 2.11. The summed E-state index contributed by atoms with van der Waals surface area (Å²) in [6.45, 7) is 0.162. The van der Waals surface area contributed by atoms with Crippen molar-refractivity contribution in [3.05, 3.63) is 28.5 Å². The second kappa shape index (κ2) is 5.36. The Morgan fingerprint density at radius 2 is 2.07 bits per heavy atom. The van der Waals surface area contributed by atoms with Crippen molar-refractivity contribution in [1.82, 2.24) is 0 Å². The van der Waals surface area contributed by atoms with Crippen LogP contribution >= 0.6 is 24.0 Å². The Kier molecular flexibility index (Phi) is 5.15. The Labute approximate surface area is 92.3 Å². The Morgan fingerprint density at radius 1 is 1.50 bits per heavy atom. The Hall–Kier alpha value is -0.550. The highest BCUT2D eigenvalue weighted by atomic mass is 35.5. The summed E-state index contributed by atoms with van der Waals surface area (Å²) in [6, 6.07) is 1.99. The van der Waals surface area contributed by atoms with Gasteiger partial charge in [0, 0.05) is 18.2 Å². The van der Waals surface area contributed by atoms with Crippen molar-refractivity contribution in [3.63, 3.8) is 0 Å². The van der Waals surface area contributed by atoms with Gasteiger partial charge in [-0.05, 0) is 6.07 Å². The predicted molar refractivity (Wildman–Crippen MR) is 56.3 cm³/mol. The lowest BCUT2D eigenvalue weighted by Crippen LogP contribution is -2.20. The summed E-state index contributed by atoms with van der Waals surface area (Å²) in [5.41, 5.74) is 11.2. The average Bonchev–Trinajstić information content (AvgIpc) is 2.13. The molecule has 0 aromatic heterocycles. The van der Waals surface area contributed by atoms with E-state index in [1.807, 2.05) is 0 Å². The Bertz CT molecular complexity index is 322. The highest BCUT2D eigenvalue weighted by Gasteiger charge is 2.14. The van der Waals surface area contributed by atoms with E-state index in [1.54, 1.807) is 0 Å². The highest BCUT2D eigenvalue weighted by Crippen LogP contribution is 2.32. The van der Waals surface area contributed by atoms with E-state index < -0.39 is 11.9 Å². The minimum atomic E-state index is -0.674. The number of halogens is 3. The largest absolute Gasteiger partial charge is 0.506 e. The van der Waals surface area contributed by atoms with Gasteiger partial charge in [-0.1, -0.05) is 17.7 Å². The summed E-state index contributed by atoms with van der Waals surface area (Å²) in [5, 5.41) is 9.05. The molecule has 0 aliphatic carbocycles. The van der Waals surface area contributed by atoms with Gasteiger partial charge in [0.25, 0.3) is 0 Å². The van der Waals surface area contributed by atoms with E-state index >= 15 is 0 Å². The minimum Gasteiger partial charge on any atom is -0.506 e. The number of phenols is 1. The molecule has 0 unspecified atom stereocenters. The molecular formula is C8H11Cl2FN2O. The van der Waals surface area contributed by atoms with Crippen LogP contribution in [0.3, 0.4) is 0 Å². The lowest BCUT2D eigenvalue weighted by molar-refractivity contribution is 0.456. The zero-order valence-electron chi connectivity index (χ0n) is 7.21. The SMILES string of the molecule is Cl.NC[C@H](N)c1ccc(F)c(Cl)c1O. The van der Waals surface area contributed by atoms with Gasteiger partial charge in [0.2, 0.25) is 0 Å². The Balaban J connectivity index is 0.00000169. The molecule has 1 rings (SSSR count). The third-order valence-electron chi connectivity index (χ3n) is 1.75. The van der Waals surface area contributed by atoms with Crippen molar-refractivity contribution < 1.29 is 9.50 Å². The molecule has 0 radical (unpaired) electrons. The highest BCUT2D eigenvalue weighted by molar-refractivity contribution is 6.32. The first-order chi connectivity index (χ1) is 6.07. The number of rotatable bonds is 2. The molecule has 5 N–H and O–H groups in total. The molecule has 80 valence electrons. The van der Waals surface area contributed by atoms with E-state index in [0.29, 0.717) is 5.56 Å². The van der Waals surface area contributed by atoms with Gasteiger partial charge < -0.3 is 16.6 Å².